The highest BCUT2D eigenvalue weighted by atomic mass is 32.1. The molecule has 0 radical (unpaired) electrons. The van der Waals surface area contributed by atoms with Crippen molar-refractivity contribution in [1.82, 2.24) is 4.90 Å². The first-order valence-corrected chi connectivity index (χ1v) is 6.83. The quantitative estimate of drug-likeness (QED) is 0.871. The largest absolute Gasteiger partial charge is 0.477 e. The number of hydrogen-bond acceptors (Lipinski definition) is 5. The molecular formula is C12H18N2O3S. The summed E-state index contributed by atoms with van der Waals surface area (Å²) >= 11 is 1.32. The van der Waals surface area contributed by atoms with Crippen LogP contribution in [0.25, 0.3) is 0 Å². The molecule has 1 aromatic rings. The van der Waals surface area contributed by atoms with Crippen LogP contribution in [0.15, 0.2) is 12.1 Å². The first kappa shape index (κ1) is 13.3. The molecule has 1 fully saturated rings. The predicted octanol–water partition coefficient (Wildman–Crippen LogP) is 1.21. The second kappa shape index (κ2) is 6.17. The van der Waals surface area contributed by atoms with Crippen LogP contribution in [0.5, 0.6) is 0 Å². The molecule has 18 heavy (non-hydrogen) atoms. The van der Waals surface area contributed by atoms with Gasteiger partial charge in [-0.2, -0.15) is 0 Å². The molecule has 0 aromatic carbocycles. The fourth-order valence-electron chi connectivity index (χ4n) is 1.87. The monoisotopic (exact) mass is 270 g/mol. The standard InChI is InChI=1S/C12H18N2O3S/c1-13(4-5-14-6-8-17-9-7-14)11-3-2-10(18-11)12(15)16/h2-3H,4-9H2,1H3,(H,15,16). The van der Waals surface area contributed by atoms with Gasteiger partial charge >= 0.3 is 5.97 Å². The number of likely N-dealkylation sites (N-methyl/N-ethyl adjacent to an activating group) is 1. The summed E-state index contributed by atoms with van der Waals surface area (Å²) in [6.45, 7) is 5.48. The Morgan fingerprint density at radius 3 is 2.83 bits per heavy atom. The molecule has 0 spiro atoms. The van der Waals surface area contributed by atoms with Crippen LogP contribution in [0.3, 0.4) is 0 Å². The molecular weight excluding hydrogens is 252 g/mol. The number of thiophene rings is 1. The van der Waals surface area contributed by atoms with E-state index in [2.05, 4.69) is 9.80 Å². The van der Waals surface area contributed by atoms with Crippen LogP contribution in [0, 0.1) is 0 Å². The molecule has 0 amide bonds. The Morgan fingerprint density at radius 1 is 1.50 bits per heavy atom. The van der Waals surface area contributed by atoms with Crippen molar-refractivity contribution < 1.29 is 14.6 Å². The molecule has 1 saturated heterocycles. The van der Waals surface area contributed by atoms with Gasteiger partial charge in [-0.3, -0.25) is 4.90 Å². The molecule has 1 aromatic heterocycles. The van der Waals surface area contributed by atoms with E-state index in [1.807, 2.05) is 13.1 Å². The van der Waals surface area contributed by atoms with Gasteiger partial charge in [-0.1, -0.05) is 0 Å². The number of ether oxygens (including phenoxy) is 1. The Hall–Kier alpha value is -1.11. The minimum Gasteiger partial charge on any atom is -0.477 e. The Morgan fingerprint density at radius 2 is 2.22 bits per heavy atom. The minimum atomic E-state index is -0.854. The molecule has 100 valence electrons. The molecule has 0 bridgehead atoms. The molecule has 5 nitrogen and oxygen atoms in total. The third-order valence-electron chi connectivity index (χ3n) is 3.03. The Kier molecular flexibility index (Phi) is 4.57. The molecule has 1 aliphatic rings. The molecule has 0 unspecified atom stereocenters. The Balaban J connectivity index is 1.82. The second-order valence-corrected chi connectivity index (χ2v) is 5.38. The lowest BCUT2D eigenvalue weighted by molar-refractivity contribution is 0.0393. The number of hydrogen-bond donors (Lipinski definition) is 1. The molecule has 0 saturated carbocycles. The van der Waals surface area contributed by atoms with Crippen LogP contribution in [0.4, 0.5) is 5.00 Å². The summed E-state index contributed by atoms with van der Waals surface area (Å²) in [4.78, 5) is 15.7. The molecule has 0 aliphatic carbocycles. The van der Waals surface area contributed by atoms with E-state index in [1.165, 1.54) is 11.3 Å². The summed E-state index contributed by atoms with van der Waals surface area (Å²) in [7, 11) is 2.00. The minimum absolute atomic E-state index is 0.392. The third-order valence-corrected chi connectivity index (χ3v) is 4.22. The van der Waals surface area contributed by atoms with E-state index in [4.69, 9.17) is 9.84 Å². The number of carbonyl (C=O) groups is 1. The Labute approximate surface area is 111 Å². The van der Waals surface area contributed by atoms with Gasteiger partial charge in [0.1, 0.15) is 4.88 Å². The summed E-state index contributed by atoms with van der Waals surface area (Å²) in [6, 6.07) is 3.53. The molecule has 2 heterocycles. The van der Waals surface area contributed by atoms with Gasteiger partial charge in [-0.15, -0.1) is 11.3 Å². The van der Waals surface area contributed by atoms with Crippen molar-refractivity contribution in [3.05, 3.63) is 17.0 Å². The highest BCUT2D eigenvalue weighted by Gasteiger charge is 2.13. The number of nitrogens with zero attached hydrogens (tertiary/aromatic N) is 2. The number of morpholine rings is 1. The average molecular weight is 270 g/mol. The zero-order chi connectivity index (χ0) is 13.0. The average Bonchev–Trinajstić information content (AvgIpc) is 2.87. The predicted molar refractivity (Wildman–Crippen MR) is 71.8 cm³/mol. The van der Waals surface area contributed by atoms with E-state index in [9.17, 15) is 4.79 Å². The highest BCUT2D eigenvalue weighted by Crippen LogP contribution is 2.24. The van der Waals surface area contributed by atoms with Gasteiger partial charge in [0.2, 0.25) is 0 Å². The van der Waals surface area contributed by atoms with Gasteiger partial charge in [0, 0.05) is 33.2 Å². The van der Waals surface area contributed by atoms with E-state index in [0.29, 0.717) is 4.88 Å². The van der Waals surface area contributed by atoms with Gasteiger partial charge in [0.25, 0.3) is 0 Å². The lowest BCUT2D eigenvalue weighted by Gasteiger charge is -2.28. The fraction of sp³-hybridized carbons (Fsp3) is 0.583. The molecule has 6 heteroatoms. The zero-order valence-corrected chi connectivity index (χ0v) is 11.3. The summed E-state index contributed by atoms with van der Waals surface area (Å²) < 4.78 is 5.30. The molecule has 0 atom stereocenters. The SMILES string of the molecule is CN(CCN1CCOCC1)c1ccc(C(=O)O)s1. The van der Waals surface area contributed by atoms with Gasteiger partial charge in [-0.05, 0) is 12.1 Å². The highest BCUT2D eigenvalue weighted by molar-refractivity contribution is 7.17. The van der Waals surface area contributed by atoms with Crippen molar-refractivity contribution in [2.24, 2.45) is 0 Å². The summed E-state index contributed by atoms with van der Waals surface area (Å²) in [5.74, 6) is -0.854. The number of carboxylic acids is 1. The van der Waals surface area contributed by atoms with Gasteiger partial charge in [-0.25, -0.2) is 4.79 Å². The van der Waals surface area contributed by atoms with Gasteiger partial charge < -0.3 is 14.7 Å². The van der Waals surface area contributed by atoms with Crippen molar-refractivity contribution in [2.45, 2.75) is 0 Å². The van der Waals surface area contributed by atoms with E-state index in [1.54, 1.807) is 6.07 Å². The van der Waals surface area contributed by atoms with E-state index >= 15 is 0 Å². The lowest BCUT2D eigenvalue weighted by Crippen LogP contribution is -2.40. The van der Waals surface area contributed by atoms with E-state index < -0.39 is 5.97 Å². The van der Waals surface area contributed by atoms with E-state index in [-0.39, 0.29) is 0 Å². The molecule has 1 N–H and O–H groups in total. The van der Waals surface area contributed by atoms with Crippen molar-refractivity contribution >= 4 is 22.3 Å². The van der Waals surface area contributed by atoms with Crippen LogP contribution >= 0.6 is 11.3 Å². The van der Waals surface area contributed by atoms with E-state index in [0.717, 1.165) is 44.4 Å². The first-order chi connectivity index (χ1) is 8.66. The Bertz CT molecular complexity index is 402. The second-order valence-electron chi connectivity index (χ2n) is 4.32. The maximum atomic E-state index is 10.8. The number of rotatable bonds is 5. The van der Waals surface area contributed by atoms with Crippen LogP contribution in [-0.4, -0.2) is 62.4 Å². The van der Waals surface area contributed by atoms with Crippen molar-refractivity contribution in [3.8, 4) is 0 Å². The normalized spacial score (nSPS) is 16.7. The van der Waals surface area contributed by atoms with Crippen molar-refractivity contribution in [1.29, 1.82) is 0 Å². The number of carboxylic acid groups (broad SMARTS) is 1. The molecule has 2 rings (SSSR count). The fourth-order valence-corrected chi connectivity index (χ4v) is 2.71. The third kappa shape index (κ3) is 3.44. The van der Waals surface area contributed by atoms with Gasteiger partial charge in [0.05, 0.1) is 18.2 Å². The zero-order valence-electron chi connectivity index (χ0n) is 10.5. The van der Waals surface area contributed by atoms with Crippen LogP contribution in [0.2, 0.25) is 0 Å². The summed E-state index contributed by atoms with van der Waals surface area (Å²) in [6.07, 6.45) is 0. The van der Waals surface area contributed by atoms with Crippen LogP contribution in [0.1, 0.15) is 9.67 Å². The maximum absolute atomic E-state index is 10.8. The summed E-state index contributed by atoms with van der Waals surface area (Å²) in [5.41, 5.74) is 0. The smallest absolute Gasteiger partial charge is 0.345 e. The topological polar surface area (TPSA) is 53.0 Å². The van der Waals surface area contributed by atoms with Crippen LogP contribution in [-0.2, 0) is 4.74 Å². The number of aromatic carboxylic acids is 1. The van der Waals surface area contributed by atoms with Crippen molar-refractivity contribution in [2.75, 3.05) is 51.3 Å². The molecule has 1 aliphatic heterocycles. The summed E-state index contributed by atoms with van der Waals surface area (Å²) in [5, 5.41) is 9.88. The van der Waals surface area contributed by atoms with Gasteiger partial charge in [0.15, 0.2) is 0 Å². The number of anilines is 1. The van der Waals surface area contributed by atoms with Crippen molar-refractivity contribution in [3.63, 3.8) is 0 Å². The first-order valence-electron chi connectivity index (χ1n) is 6.01. The maximum Gasteiger partial charge on any atom is 0.345 e. The lowest BCUT2D eigenvalue weighted by atomic mass is 10.4. The van der Waals surface area contributed by atoms with Crippen LogP contribution < -0.4 is 4.90 Å².